The van der Waals surface area contributed by atoms with Crippen molar-refractivity contribution < 1.29 is 4.39 Å². The molecule has 15 heavy (non-hydrogen) atoms. The normalized spacial score (nSPS) is 11.7. The van der Waals surface area contributed by atoms with E-state index in [0.717, 1.165) is 17.1 Å². The average molecular weight is 227 g/mol. The highest BCUT2D eigenvalue weighted by Gasteiger charge is 2.09. The van der Waals surface area contributed by atoms with Gasteiger partial charge in [-0.2, -0.15) is 0 Å². The van der Waals surface area contributed by atoms with Gasteiger partial charge < -0.3 is 5.73 Å². The molecule has 0 aliphatic heterocycles. The second kappa shape index (κ2) is 4.88. The summed E-state index contributed by atoms with van der Waals surface area (Å²) in [5.74, 6) is 0.736. The van der Waals surface area contributed by atoms with Crippen LogP contribution in [0.5, 0.6) is 0 Å². The number of hydrogen-bond acceptors (Lipinski definition) is 2. The summed E-state index contributed by atoms with van der Waals surface area (Å²) in [6.07, 6.45) is 1.11. The Hall–Kier alpha value is -0.700. The number of halogens is 1. The summed E-state index contributed by atoms with van der Waals surface area (Å²) in [5, 5.41) is 0. The highest BCUT2D eigenvalue weighted by Crippen LogP contribution is 2.27. The first kappa shape index (κ1) is 12.4. The van der Waals surface area contributed by atoms with Crippen LogP contribution in [0.4, 0.5) is 10.1 Å². The molecule has 0 aliphatic carbocycles. The highest BCUT2D eigenvalue weighted by atomic mass is 32.2. The quantitative estimate of drug-likeness (QED) is 0.625. The molecule has 0 saturated heterocycles. The first-order chi connectivity index (χ1) is 6.87. The minimum atomic E-state index is -0.256. The van der Waals surface area contributed by atoms with Gasteiger partial charge in [0.1, 0.15) is 5.82 Å². The van der Waals surface area contributed by atoms with E-state index in [1.807, 2.05) is 6.07 Å². The van der Waals surface area contributed by atoms with Gasteiger partial charge in [-0.1, -0.05) is 20.8 Å². The average Bonchev–Trinajstić information content (AvgIpc) is 1.99. The molecule has 0 bridgehead atoms. The molecular weight excluding hydrogens is 209 g/mol. The van der Waals surface area contributed by atoms with E-state index in [4.69, 9.17) is 5.73 Å². The van der Waals surface area contributed by atoms with Crippen molar-refractivity contribution in [2.24, 2.45) is 5.41 Å². The van der Waals surface area contributed by atoms with Crippen molar-refractivity contribution in [3.63, 3.8) is 0 Å². The van der Waals surface area contributed by atoms with Crippen LogP contribution >= 0.6 is 11.8 Å². The number of nitrogens with two attached hydrogens (primary N) is 1. The summed E-state index contributed by atoms with van der Waals surface area (Å²) in [6, 6.07) is 4.69. The lowest BCUT2D eigenvalue weighted by Gasteiger charge is -2.17. The molecule has 0 saturated carbocycles. The van der Waals surface area contributed by atoms with Gasteiger partial charge in [0.25, 0.3) is 0 Å². The molecule has 0 aromatic heterocycles. The van der Waals surface area contributed by atoms with Crippen molar-refractivity contribution in [3.8, 4) is 0 Å². The third-order valence-electron chi connectivity index (χ3n) is 2.01. The van der Waals surface area contributed by atoms with Crippen LogP contribution in [0.15, 0.2) is 23.1 Å². The van der Waals surface area contributed by atoms with E-state index >= 15 is 0 Å². The van der Waals surface area contributed by atoms with Crippen molar-refractivity contribution in [1.29, 1.82) is 0 Å². The van der Waals surface area contributed by atoms with Crippen LogP contribution in [0.3, 0.4) is 0 Å². The zero-order valence-electron chi connectivity index (χ0n) is 9.51. The van der Waals surface area contributed by atoms with Gasteiger partial charge >= 0.3 is 0 Å². The summed E-state index contributed by atoms with van der Waals surface area (Å²) in [4.78, 5) is 0.914. The number of anilines is 1. The van der Waals surface area contributed by atoms with Crippen LogP contribution in [0.2, 0.25) is 0 Å². The monoisotopic (exact) mass is 227 g/mol. The lowest BCUT2D eigenvalue weighted by Crippen LogP contribution is -2.05. The second-order valence-electron chi connectivity index (χ2n) is 4.88. The smallest absolute Gasteiger partial charge is 0.126 e. The van der Waals surface area contributed by atoms with E-state index < -0.39 is 0 Å². The topological polar surface area (TPSA) is 26.0 Å². The molecular formula is C12H18FNS. The van der Waals surface area contributed by atoms with Gasteiger partial charge in [0, 0.05) is 10.6 Å². The number of nitrogen functional groups attached to an aromatic ring is 1. The summed E-state index contributed by atoms with van der Waals surface area (Å²) in [7, 11) is 0. The molecule has 0 heterocycles. The number of benzene rings is 1. The second-order valence-corrected chi connectivity index (χ2v) is 6.05. The molecule has 1 nitrogen and oxygen atoms in total. The van der Waals surface area contributed by atoms with Gasteiger partial charge in [0.2, 0.25) is 0 Å². The van der Waals surface area contributed by atoms with E-state index in [1.54, 1.807) is 11.8 Å². The van der Waals surface area contributed by atoms with E-state index in [2.05, 4.69) is 20.8 Å². The van der Waals surface area contributed by atoms with Crippen molar-refractivity contribution in [2.45, 2.75) is 32.1 Å². The molecule has 1 aromatic rings. The third kappa shape index (κ3) is 5.07. The maximum atomic E-state index is 13.0. The van der Waals surface area contributed by atoms with Crippen LogP contribution in [0, 0.1) is 11.2 Å². The number of rotatable bonds is 3. The number of hydrogen-bond donors (Lipinski definition) is 1. The van der Waals surface area contributed by atoms with E-state index in [9.17, 15) is 4.39 Å². The van der Waals surface area contributed by atoms with Crippen molar-refractivity contribution in [2.75, 3.05) is 11.5 Å². The van der Waals surface area contributed by atoms with Crippen molar-refractivity contribution in [1.82, 2.24) is 0 Å². The Morgan fingerprint density at radius 3 is 2.47 bits per heavy atom. The standard InChI is InChI=1S/C12H18FNS/c1-12(2,3)4-5-15-11-7-9(13)6-10(14)8-11/h6-8H,4-5,14H2,1-3H3. The molecule has 0 aliphatic rings. The Kier molecular flexibility index (Phi) is 4.03. The zero-order chi connectivity index (χ0) is 11.5. The summed E-state index contributed by atoms with van der Waals surface area (Å²) in [6.45, 7) is 6.61. The third-order valence-corrected chi connectivity index (χ3v) is 2.99. The molecule has 2 N–H and O–H groups in total. The molecule has 0 fully saturated rings. The van der Waals surface area contributed by atoms with Gasteiger partial charge in [-0.25, -0.2) is 4.39 Å². The molecule has 0 amide bonds. The molecule has 0 unspecified atom stereocenters. The van der Waals surface area contributed by atoms with E-state index in [-0.39, 0.29) is 5.82 Å². The molecule has 0 spiro atoms. The maximum absolute atomic E-state index is 13.0. The SMILES string of the molecule is CC(C)(C)CCSc1cc(N)cc(F)c1. The molecule has 84 valence electrons. The van der Waals surface area contributed by atoms with Gasteiger partial charge in [-0.15, -0.1) is 11.8 Å². The fraction of sp³-hybridized carbons (Fsp3) is 0.500. The predicted molar refractivity (Wildman–Crippen MR) is 65.6 cm³/mol. The predicted octanol–water partition coefficient (Wildman–Crippen LogP) is 3.94. The van der Waals surface area contributed by atoms with Crippen LogP contribution in [-0.2, 0) is 0 Å². The molecule has 0 atom stereocenters. The van der Waals surface area contributed by atoms with E-state index in [0.29, 0.717) is 11.1 Å². The fourth-order valence-electron chi connectivity index (χ4n) is 1.14. The molecule has 0 radical (unpaired) electrons. The summed E-state index contributed by atoms with van der Waals surface area (Å²) in [5.41, 5.74) is 6.38. The Morgan fingerprint density at radius 2 is 1.93 bits per heavy atom. The Labute approximate surface area is 95.2 Å². The largest absolute Gasteiger partial charge is 0.399 e. The summed E-state index contributed by atoms with van der Waals surface area (Å²) >= 11 is 1.66. The highest BCUT2D eigenvalue weighted by molar-refractivity contribution is 7.99. The van der Waals surface area contributed by atoms with Crippen LogP contribution < -0.4 is 5.73 Å². The molecule has 1 aromatic carbocycles. The first-order valence-corrected chi connectivity index (χ1v) is 6.04. The fourth-order valence-corrected chi connectivity index (χ4v) is 2.51. The van der Waals surface area contributed by atoms with Gasteiger partial charge in [0.15, 0.2) is 0 Å². The van der Waals surface area contributed by atoms with Crippen LogP contribution in [-0.4, -0.2) is 5.75 Å². The Morgan fingerprint density at radius 1 is 1.27 bits per heavy atom. The minimum Gasteiger partial charge on any atom is -0.399 e. The minimum absolute atomic E-state index is 0.256. The maximum Gasteiger partial charge on any atom is 0.126 e. The zero-order valence-corrected chi connectivity index (χ0v) is 10.3. The van der Waals surface area contributed by atoms with Crippen molar-refractivity contribution in [3.05, 3.63) is 24.0 Å². The van der Waals surface area contributed by atoms with E-state index in [1.165, 1.54) is 12.1 Å². The summed E-state index contributed by atoms with van der Waals surface area (Å²) < 4.78 is 13.0. The molecule has 3 heteroatoms. The lowest BCUT2D eigenvalue weighted by atomic mass is 9.94. The lowest BCUT2D eigenvalue weighted by molar-refractivity contribution is 0.401. The van der Waals surface area contributed by atoms with Gasteiger partial charge in [-0.05, 0) is 35.8 Å². The van der Waals surface area contributed by atoms with Crippen LogP contribution in [0.1, 0.15) is 27.2 Å². The van der Waals surface area contributed by atoms with Gasteiger partial charge in [0.05, 0.1) is 0 Å². The number of thioether (sulfide) groups is 1. The Balaban J connectivity index is 2.51. The van der Waals surface area contributed by atoms with Gasteiger partial charge in [-0.3, -0.25) is 0 Å². The Bertz CT molecular complexity index is 311. The first-order valence-electron chi connectivity index (χ1n) is 5.06. The van der Waals surface area contributed by atoms with Crippen LogP contribution in [0.25, 0.3) is 0 Å². The van der Waals surface area contributed by atoms with Crippen molar-refractivity contribution >= 4 is 17.4 Å². The molecule has 1 rings (SSSR count).